The fourth-order valence-corrected chi connectivity index (χ4v) is 6.27. The average Bonchev–Trinajstić information content (AvgIpc) is 3.61. The zero-order chi connectivity index (χ0) is 33.6. The van der Waals surface area contributed by atoms with Crippen molar-refractivity contribution in [1.82, 2.24) is 25.3 Å². The lowest BCUT2D eigenvalue weighted by Gasteiger charge is -2.38. The number of likely N-dealkylation sites (N-methyl/N-ethyl adjacent to an activating group) is 2. The molecular weight excluding hydrogens is 582 g/mol. The molecule has 2 N–H and O–H groups in total. The molecule has 0 aromatic carbocycles. The van der Waals surface area contributed by atoms with Crippen molar-refractivity contribution in [3.8, 4) is 0 Å². The molecule has 0 saturated carbocycles. The number of hydrogen-bond donors (Lipinski definition) is 2. The molecule has 3 aliphatic heterocycles. The molecule has 0 aromatic heterocycles. The molecule has 0 bridgehead atoms. The largest absolute Gasteiger partial charge is 0.452 e. The van der Waals surface area contributed by atoms with Crippen LogP contribution in [0.4, 0.5) is 0 Å². The van der Waals surface area contributed by atoms with Gasteiger partial charge in [0.05, 0.1) is 19.1 Å². The summed E-state index contributed by atoms with van der Waals surface area (Å²) in [6.45, 7) is 14.3. The molecule has 4 amide bonds. The lowest BCUT2D eigenvalue weighted by Crippen LogP contribution is -2.60. The van der Waals surface area contributed by atoms with Gasteiger partial charge >= 0.3 is 5.97 Å². The maximum Gasteiger partial charge on any atom is 0.307 e. The minimum Gasteiger partial charge on any atom is -0.452 e. The highest BCUT2D eigenvalue weighted by Gasteiger charge is 2.44. The summed E-state index contributed by atoms with van der Waals surface area (Å²) in [7, 11) is 3.31. The zero-order valence-electron chi connectivity index (χ0n) is 28.6. The first-order chi connectivity index (χ1) is 21.1. The number of hydrogen-bond acceptors (Lipinski definition) is 9. The van der Waals surface area contributed by atoms with Crippen LogP contribution in [-0.4, -0.2) is 127 Å². The molecule has 3 saturated heterocycles. The minimum absolute atomic E-state index is 0.00797. The van der Waals surface area contributed by atoms with Gasteiger partial charge in [-0.25, -0.2) is 0 Å². The Balaban J connectivity index is 1.96. The SMILES string of the molecule is CC[C@H](C)[C@@H]1NC(=O)[C@@H]2CCCN2C(=O)[C@@H](C[C@@H]2COC(C)(C)O2)OC(=O)CCNC[C@H](C)N(C)C(=O)C(C(C)C)N(C)C1=O. The van der Waals surface area contributed by atoms with Crippen molar-refractivity contribution in [1.29, 1.82) is 0 Å². The molecule has 3 aliphatic rings. The van der Waals surface area contributed by atoms with Crippen LogP contribution in [0.25, 0.3) is 0 Å². The van der Waals surface area contributed by atoms with E-state index in [4.69, 9.17) is 14.2 Å². The monoisotopic (exact) mass is 637 g/mol. The second-order valence-electron chi connectivity index (χ2n) is 13.6. The third-order valence-electron chi connectivity index (χ3n) is 9.31. The van der Waals surface area contributed by atoms with Crippen LogP contribution in [0.5, 0.6) is 0 Å². The molecular formula is C32H55N5O8. The van der Waals surface area contributed by atoms with Crippen LogP contribution >= 0.6 is 0 Å². The van der Waals surface area contributed by atoms with Crippen LogP contribution in [0, 0.1) is 11.8 Å². The number of carbonyl (C=O) groups is 5. The number of ether oxygens (including phenoxy) is 3. The predicted molar refractivity (Wildman–Crippen MR) is 167 cm³/mol. The Morgan fingerprint density at radius 1 is 1.00 bits per heavy atom. The Morgan fingerprint density at radius 3 is 2.29 bits per heavy atom. The van der Waals surface area contributed by atoms with Crippen LogP contribution in [0.3, 0.4) is 0 Å². The maximum absolute atomic E-state index is 14.0. The number of esters is 1. The summed E-state index contributed by atoms with van der Waals surface area (Å²) >= 11 is 0. The number of nitrogens with one attached hydrogen (secondary N) is 2. The van der Waals surface area contributed by atoms with Gasteiger partial charge in [-0.15, -0.1) is 0 Å². The molecule has 3 rings (SSSR count). The van der Waals surface area contributed by atoms with Crippen LogP contribution in [-0.2, 0) is 38.2 Å². The van der Waals surface area contributed by atoms with Crippen molar-refractivity contribution in [2.45, 2.75) is 123 Å². The molecule has 3 heterocycles. The molecule has 0 radical (unpaired) electrons. The van der Waals surface area contributed by atoms with Gasteiger partial charge in [0.1, 0.15) is 18.1 Å². The summed E-state index contributed by atoms with van der Waals surface area (Å²) in [5, 5.41) is 6.15. The van der Waals surface area contributed by atoms with Crippen molar-refractivity contribution in [2.24, 2.45) is 11.8 Å². The van der Waals surface area contributed by atoms with E-state index in [0.29, 0.717) is 32.4 Å². The van der Waals surface area contributed by atoms with Gasteiger partial charge in [-0.05, 0) is 45.4 Å². The number of amides is 4. The topological polar surface area (TPSA) is 147 Å². The first-order valence-corrected chi connectivity index (χ1v) is 16.4. The highest BCUT2D eigenvalue weighted by molar-refractivity contribution is 5.95. The van der Waals surface area contributed by atoms with Crippen LogP contribution in [0.2, 0.25) is 0 Å². The van der Waals surface area contributed by atoms with E-state index >= 15 is 0 Å². The van der Waals surface area contributed by atoms with E-state index in [1.807, 2.05) is 34.6 Å². The number of rotatable bonds is 5. The molecule has 45 heavy (non-hydrogen) atoms. The second kappa shape index (κ2) is 15.7. The number of carbonyl (C=O) groups excluding carboxylic acids is 5. The standard InChI is InChI=1S/C32H55N5O8/c1-10-20(4)26-30(41)36(9)27(19(2)3)31(42)35(8)21(5)17-33-14-13-25(38)44-24(16-22-18-43-32(6,7)45-22)29(40)37-15-11-12-23(37)28(39)34-26/h19-24,26-27,33H,10-18H2,1-9H3,(H,34,39)/t20-,21-,22+,23-,24+,26-,27?/m0/s1. The Hall–Kier alpha value is -2.77. The van der Waals surface area contributed by atoms with Crippen molar-refractivity contribution in [2.75, 3.05) is 40.3 Å². The van der Waals surface area contributed by atoms with Crippen LogP contribution in [0.15, 0.2) is 0 Å². The molecule has 0 spiro atoms. The van der Waals surface area contributed by atoms with Gasteiger partial charge in [0.15, 0.2) is 11.9 Å². The van der Waals surface area contributed by atoms with E-state index in [-0.39, 0.29) is 55.7 Å². The summed E-state index contributed by atoms with van der Waals surface area (Å²) in [6, 6.07) is -2.72. The second-order valence-corrected chi connectivity index (χ2v) is 13.6. The molecule has 1 unspecified atom stereocenters. The fourth-order valence-electron chi connectivity index (χ4n) is 6.27. The van der Waals surface area contributed by atoms with Gasteiger partial charge < -0.3 is 39.5 Å². The first-order valence-electron chi connectivity index (χ1n) is 16.4. The van der Waals surface area contributed by atoms with E-state index in [0.717, 1.165) is 0 Å². The lowest BCUT2D eigenvalue weighted by molar-refractivity contribution is -0.166. The van der Waals surface area contributed by atoms with Crippen molar-refractivity contribution in [3.05, 3.63) is 0 Å². The summed E-state index contributed by atoms with van der Waals surface area (Å²) in [5.74, 6) is -3.28. The molecule has 0 aromatic rings. The van der Waals surface area contributed by atoms with E-state index in [1.165, 1.54) is 9.80 Å². The molecule has 256 valence electrons. The van der Waals surface area contributed by atoms with Crippen LogP contribution in [0.1, 0.15) is 80.6 Å². The molecule has 13 heteroatoms. The summed E-state index contributed by atoms with van der Waals surface area (Å²) in [5.41, 5.74) is 0. The first kappa shape index (κ1) is 36.7. The summed E-state index contributed by atoms with van der Waals surface area (Å²) in [6.07, 6.45) is 0.0646. The highest BCUT2D eigenvalue weighted by Crippen LogP contribution is 2.28. The third kappa shape index (κ3) is 9.16. The van der Waals surface area contributed by atoms with E-state index in [9.17, 15) is 24.0 Å². The van der Waals surface area contributed by atoms with Crippen LogP contribution < -0.4 is 10.6 Å². The molecule has 3 fully saturated rings. The van der Waals surface area contributed by atoms with E-state index in [2.05, 4.69) is 10.6 Å². The van der Waals surface area contributed by atoms with E-state index in [1.54, 1.807) is 32.8 Å². The zero-order valence-corrected chi connectivity index (χ0v) is 28.6. The fraction of sp³-hybridized carbons (Fsp3) is 0.844. The smallest absolute Gasteiger partial charge is 0.307 e. The van der Waals surface area contributed by atoms with Gasteiger partial charge in [0.2, 0.25) is 17.7 Å². The van der Waals surface area contributed by atoms with Gasteiger partial charge in [0, 0.05) is 46.2 Å². The molecule has 7 atom stereocenters. The van der Waals surface area contributed by atoms with Crippen molar-refractivity contribution >= 4 is 29.6 Å². The van der Waals surface area contributed by atoms with Gasteiger partial charge in [0.25, 0.3) is 5.91 Å². The number of nitrogens with zero attached hydrogens (tertiary/aromatic N) is 3. The average molecular weight is 638 g/mol. The predicted octanol–water partition coefficient (Wildman–Crippen LogP) is 1.28. The summed E-state index contributed by atoms with van der Waals surface area (Å²) in [4.78, 5) is 73.1. The van der Waals surface area contributed by atoms with Gasteiger partial charge in [-0.1, -0.05) is 34.1 Å². The van der Waals surface area contributed by atoms with Gasteiger partial charge in [-0.3, -0.25) is 24.0 Å². The molecule has 0 aliphatic carbocycles. The minimum atomic E-state index is -1.16. The maximum atomic E-state index is 14.0. The normalized spacial score (nSPS) is 32.1. The van der Waals surface area contributed by atoms with Crippen molar-refractivity contribution < 1.29 is 38.2 Å². The Labute approximate surface area is 268 Å². The molecule has 13 nitrogen and oxygen atoms in total. The Morgan fingerprint density at radius 2 is 1.69 bits per heavy atom. The Kier molecular flexibility index (Phi) is 12.8. The highest BCUT2D eigenvalue weighted by atomic mass is 16.7. The quantitative estimate of drug-likeness (QED) is 0.426. The van der Waals surface area contributed by atoms with Gasteiger partial charge in [-0.2, -0.15) is 0 Å². The number of cyclic esters (lactones) is 1. The van der Waals surface area contributed by atoms with E-state index < -0.39 is 53.9 Å². The van der Waals surface area contributed by atoms with Crippen molar-refractivity contribution in [3.63, 3.8) is 0 Å². The third-order valence-corrected chi connectivity index (χ3v) is 9.31. The Bertz CT molecular complexity index is 1080. The number of fused-ring (bicyclic) bond motifs is 1. The lowest BCUT2D eigenvalue weighted by atomic mass is 9.94. The summed E-state index contributed by atoms with van der Waals surface area (Å²) < 4.78 is 17.3.